The summed E-state index contributed by atoms with van der Waals surface area (Å²) in [5.74, 6) is 0. The summed E-state index contributed by atoms with van der Waals surface area (Å²) in [7, 11) is 0. The molecule has 1 heterocycles. The quantitative estimate of drug-likeness (QED) is 0.491. The van der Waals surface area contributed by atoms with E-state index >= 15 is 0 Å². The highest BCUT2D eigenvalue weighted by atomic mass is 16.8. The average molecular weight is 102 g/mol. The van der Waals surface area contributed by atoms with E-state index in [4.69, 9.17) is 9.47 Å². The molecule has 1 aliphatic heterocycles. The fourth-order valence-electron chi connectivity index (χ4n) is 0.385. The predicted octanol–water partition coefficient (Wildman–Crippen LogP) is 0.769. The molecule has 1 rings (SSSR count). The molecule has 2 nitrogen and oxygen atoms in total. The Morgan fingerprint density at radius 1 is 1.86 bits per heavy atom. The van der Waals surface area contributed by atoms with E-state index in [-0.39, 0.29) is 6.29 Å². The Morgan fingerprint density at radius 2 is 2.57 bits per heavy atom. The van der Waals surface area contributed by atoms with Gasteiger partial charge in [-0.15, -0.1) is 0 Å². The molecule has 0 N–H and O–H groups in total. The molecule has 0 aromatic heterocycles. The zero-order valence-electron chi connectivity index (χ0n) is 4.52. The van der Waals surface area contributed by atoms with Gasteiger partial charge in [-0.25, -0.2) is 0 Å². The molecule has 0 unspecified atom stereocenters. The van der Waals surface area contributed by atoms with E-state index in [1.807, 2.05) is 0 Å². The molecule has 1 atom stereocenters. The van der Waals surface area contributed by atoms with Crippen LogP contribution in [0.3, 0.4) is 0 Å². The van der Waals surface area contributed by atoms with E-state index in [1.54, 1.807) is 0 Å². The van der Waals surface area contributed by atoms with E-state index in [9.17, 15) is 0 Å². The summed E-state index contributed by atoms with van der Waals surface area (Å²) in [6.07, 6.45) is 1.24. The lowest BCUT2D eigenvalue weighted by atomic mass is 10.5. The maximum absolute atomic E-state index is 5.08. The summed E-state index contributed by atoms with van der Waals surface area (Å²) in [4.78, 5) is 0. The molecule has 0 spiro atoms. The first-order chi connectivity index (χ1) is 3.43. The summed E-state index contributed by atoms with van der Waals surface area (Å²) in [5, 5.41) is 0. The molecule has 0 radical (unpaired) electrons. The molecule has 42 valence electrons. The normalized spacial score (nSPS) is 27.9. The van der Waals surface area contributed by atoms with Crippen LogP contribution < -0.4 is 0 Å². The van der Waals surface area contributed by atoms with Gasteiger partial charge in [0.05, 0.1) is 0 Å². The summed E-state index contributed by atoms with van der Waals surface area (Å²) in [5.41, 5.74) is 0. The number of ether oxygens (including phenoxy) is 2. The molecule has 0 amide bonds. The molecule has 0 aliphatic carbocycles. The fourth-order valence-corrected chi connectivity index (χ4v) is 0.385. The van der Waals surface area contributed by atoms with Crippen molar-refractivity contribution in [1.82, 2.24) is 0 Å². The Balaban J connectivity index is 1.80. The van der Waals surface area contributed by atoms with Gasteiger partial charge in [-0.2, -0.15) is 0 Å². The smallest absolute Gasteiger partial charge is 0.181 e. The Hall–Kier alpha value is -0.0800. The van der Waals surface area contributed by atoms with Gasteiger partial charge in [0.15, 0.2) is 6.29 Å². The molecule has 1 fully saturated rings. The van der Waals surface area contributed by atoms with Crippen LogP contribution in [0.25, 0.3) is 0 Å². The molecule has 1 aliphatic rings. The zero-order chi connectivity index (χ0) is 5.11. The number of rotatable bonds is 3. The lowest BCUT2D eigenvalue weighted by molar-refractivity contribution is 0.0508. The van der Waals surface area contributed by atoms with Gasteiger partial charge in [-0.05, 0) is 6.42 Å². The number of epoxide rings is 1. The van der Waals surface area contributed by atoms with Gasteiger partial charge in [-0.3, -0.25) is 0 Å². The minimum atomic E-state index is 0.153. The fraction of sp³-hybridized carbons (Fsp3) is 1.00. The predicted molar refractivity (Wildman–Crippen MR) is 26.0 cm³/mol. The van der Waals surface area contributed by atoms with Crippen molar-refractivity contribution in [3.63, 3.8) is 0 Å². The van der Waals surface area contributed by atoms with Crippen LogP contribution in [0.1, 0.15) is 13.3 Å². The van der Waals surface area contributed by atoms with Crippen LogP contribution in [0.5, 0.6) is 0 Å². The first-order valence-corrected chi connectivity index (χ1v) is 2.66. The van der Waals surface area contributed by atoms with Crippen molar-refractivity contribution >= 4 is 0 Å². The van der Waals surface area contributed by atoms with Crippen LogP contribution in [0.4, 0.5) is 0 Å². The molecule has 0 aromatic rings. The number of hydrogen-bond donors (Lipinski definition) is 0. The van der Waals surface area contributed by atoms with Crippen LogP contribution in [0.15, 0.2) is 0 Å². The summed E-state index contributed by atoms with van der Waals surface area (Å²) in [6.45, 7) is 3.73. The third-order valence-corrected chi connectivity index (χ3v) is 0.811. The molecule has 2 heteroatoms. The Bertz CT molecular complexity index is 50.0. The average Bonchev–Trinajstić information content (AvgIpc) is 2.42. The van der Waals surface area contributed by atoms with Crippen molar-refractivity contribution < 1.29 is 9.47 Å². The molecule has 0 aromatic carbocycles. The van der Waals surface area contributed by atoms with Gasteiger partial charge < -0.3 is 9.47 Å². The molecule has 0 saturated carbocycles. The van der Waals surface area contributed by atoms with Crippen molar-refractivity contribution in [3.05, 3.63) is 0 Å². The maximum atomic E-state index is 5.08. The molecular weight excluding hydrogens is 92.1 g/mol. The Kier molecular flexibility index (Phi) is 1.65. The first-order valence-electron chi connectivity index (χ1n) is 2.66. The van der Waals surface area contributed by atoms with Crippen LogP contribution in [-0.4, -0.2) is 19.5 Å². The van der Waals surface area contributed by atoms with E-state index in [0.29, 0.717) is 0 Å². The first kappa shape index (κ1) is 5.06. The van der Waals surface area contributed by atoms with Gasteiger partial charge in [0.2, 0.25) is 0 Å². The van der Waals surface area contributed by atoms with Crippen molar-refractivity contribution in [1.29, 1.82) is 0 Å². The monoisotopic (exact) mass is 102 g/mol. The third-order valence-electron chi connectivity index (χ3n) is 0.811. The van der Waals surface area contributed by atoms with Crippen molar-refractivity contribution in [3.8, 4) is 0 Å². The van der Waals surface area contributed by atoms with Crippen LogP contribution >= 0.6 is 0 Å². The van der Waals surface area contributed by atoms with Gasteiger partial charge in [0.25, 0.3) is 0 Å². The summed E-state index contributed by atoms with van der Waals surface area (Å²) >= 11 is 0. The molecule has 1 saturated heterocycles. The van der Waals surface area contributed by atoms with E-state index < -0.39 is 0 Å². The van der Waals surface area contributed by atoms with Crippen molar-refractivity contribution in [2.75, 3.05) is 13.2 Å². The lowest BCUT2D eigenvalue weighted by Gasteiger charge is -1.91. The Labute approximate surface area is 43.4 Å². The summed E-state index contributed by atoms with van der Waals surface area (Å²) < 4.78 is 9.87. The number of hydrogen-bond acceptors (Lipinski definition) is 2. The topological polar surface area (TPSA) is 21.8 Å². The van der Waals surface area contributed by atoms with Gasteiger partial charge >= 0.3 is 0 Å². The maximum Gasteiger partial charge on any atom is 0.181 e. The third kappa shape index (κ3) is 1.90. The second-order valence-electron chi connectivity index (χ2n) is 1.63. The van der Waals surface area contributed by atoms with Crippen LogP contribution in [0.2, 0.25) is 0 Å². The van der Waals surface area contributed by atoms with Crippen LogP contribution in [0, 0.1) is 0 Å². The largest absolute Gasteiger partial charge is 0.350 e. The molecular formula is C5H10O2. The SMILES string of the molecule is CCCO[C@H]1CO1. The van der Waals surface area contributed by atoms with Gasteiger partial charge in [0.1, 0.15) is 6.61 Å². The van der Waals surface area contributed by atoms with Crippen molar-refractivity contribution in [2.24, 2.45) is 0 Å². The van der Waals surface area contributed by atoms with Crippen LogP contribution in [-0.2, 0) is 9.47 Å². The highest BCUT2D eigenvalue weighted by Crippen LogP contribution is 2.09. The van der Waals surface area contributed by atoms with Gasteiger partial charge in [-0.1, -0.05) is 6.92 Å². The summed E-state index contributed by atoms with van der Waals surface area (Å²) in [6, 6.07) is 0. The second kappa shape index (κ2) is 2.28. The van der Waals surface area contributed by atoms with E-state index in [0.717, 1.165) is 19.6 Å². The van der Waals surface area contributed by atoms with Crippen molar-refractivity contribution in [2.45, 2.75) is 19.6 Å². The zero-order valence-corrected chi connectivity index (χ0v) is 4.52. The molecule has 0 bridgehead atoms. The standard InChI is InChI=1S/C5H10O2/c1-2-3-6-5-4-7-5/h5H,2-4H2,1H3/t5-/m1/s1. The Morgan fingerprint density at radius 3 is 3.00 bits per heavy atom. The highest BCUT2D eigenvalue weighted by Gasteiger charge is 2.21. The lowest BCUT2D eigenvalue weighted by Crippen LogP contribution is -1.94. The minimum Gasteiger partial charge on any atom is -0.350 e. The van der Waals surface area contributed by atoms with E-state index in [1.165, 1.54) is 0 Å². The van der Waals surface area contributed by atoms with Gasteiger partial charge in [0, 0.05) is 6.61 Å². The minimum absolute atomic E-state index is 0.153. The van der Waals surface area contributed by atoms with E-state index in [2.05, 4.69) is 6.92 Å². The second-order valence-corrected chi connectivity index (χ2v) is 1.63. The molecule has 7 heavy (non-hydrogen) atoms. The highest BCUT2D eigenvalue weighted by molar-refractivity contribution is 4.53.